The van der Waals surface area contributed by atoms with Crippen molar-refractivity contribution >= 4 is 39.1 Å². The molecule has 3 N–H and O–H groups in total. The number of nitrogens with one attached hydrogen (secondary N) is 1. The monoisotopic (exact) mass is 358 g/mol. The predicted molar refractivity (Wildman–Crippen MR) is 86.9 cm³/mol. The number of rotatable bonds is 3. The molecule has 1 fully saturated rings. The summed E-state index contributed by atoms with van der Waals surface area (Å²) in [4.78, 5) is 12.1. The fourth-order valence-corrected chi connectivity index (χ4v) is 3.58. The topological polar surface area (TPSA) is 55.1 Å². The number of hydrogen-bond donors (Lipinski definition) is 2. The molecule has 0 heterocycles. The van der Waals surface area contributed by atoms with E-state index in [-0.39, 0.29) is 11.8 Å². The molecule has 0 saturated heterocycles. The second kappa shape index (κ2) is 5.94. The Balaban J connectivity index is 2.33. The number of carbonyl (C=O) groups excluding carboxylic acids is 1. The molecule has 0 bridgehead atoms. The summed E-state index contributed by atoms with van der Waals surface area (Å²) in [6.45, 7) is 4.29. The zero-order valence-electron chi connectivity index (χ0n) is 11.7. The Kier molecular flexibility index (Phi) is 4.65. The van der Waals surface area contributed by atoms with E-state index in [9.17, 15) is 4.79 Å². The Morgan fingerprint density at radius 1 is 1.50 bits per heavy atom. The Labute approximate surface area is 133 Å². The zero-order chi connectivity index (χ0) is 14.9. The molecule has 0 spiro atoms. The summed E-state index contributed by atoms with van der Waals surface area (Å²) < 4.78 is 0.806. The van der Waals surface area contributed by atoms with Crippen molar-refractivity contribution in [2.75, 3.05) is 5.32 Å². The van der Waals surface area contributed by atoms with Gasteiger partial charge >= 0.3 is 0 Å². The molecular formula is C15H20BrClN2O. The SMILES string of the molecule is CC1CCCC(Nc2ccc(Cl)c(Br)c2)(C(N)=O)C1C. The number of anilines is 1. The zero-order valence-corrected chi connectivity index (χ0v) is 14.1. The van der Waals surface area contributed by atoms with Crippen LogP contribution in [0.15, 0.2) is 22.7 Å². The molecule has 5 heteroatoms. The molecule has 1 aliphatic rings. The summed E-state index contributed by atoms with van der Waals surface area (Å²) >= 11 is 9.41. The van der Waals surface area contributed by atoms with Gasteiger partial charge in [-0.15, -0.1) is 0 Å². The van der Waals surface area contributed by atoms with Gasteiger partial charge in [0.05, 0.1) is 5.02 Å². The molecule has 1 amide bonds. The van der Waals surface area contributed by atoms with E-state index in [0.717, 1.165) is 29.4 Å². The molecule has 1 aromatic rings. The van der Waals surface area contributed by atoms with E-state index < -0.39 is 5.54 Å². The molecule has 1 saturated carbocycles. The average Bonchev–Trinajstić information content (AvgIpc) is 2.39. The highest BCUT2D eigenvalue weighted by atomic mass is 79.9. The van der Waals surface area contributed by atoms with Gasteiger partial charge in [0.2, 0.25) is 5.91 Å². The Morgan fingerprint density at radius 3 is 2.80 bits per heavy atom. The minimum absolute atomic E-state index is 0.197. The largest absolute Gasteiger partial charge is 0.371 e. The molecule has 1 aromatic carbocycles. The lowest BCUT2D eigenvalue weighted by molar-refractivity contribution is -0.125. The van der Waals surface area contributed by atoms with Crippen molar-refractivity contribution < 1.29 is 4.79 Å². The first kappa shape index (κ1) is 15.6. The smallest absolute Gasteiger partial charge is 0.243 e. The van der Waals surface area contributed by atoms with Crippen molar-refractivity contribution in [2.24, 2.45) is 17.6 Å². The molecule has 1 aliphatic carbocycles. The minimum atomic E-state index is -0.676. The Hall–Kier alpha value is -0.740. The van der Waals surface area contributed by atoms with Crippen molar-refractivity contribution in [2.45, 2.75) is 38.6 Å². The lowest BCUT2D eigenvalue weighted by Gasteiger charge is -2.44. The van der Waals surface area contributed by atoms with E-state index in [4.69, 9.17) is 17.3 Å². The third-order valence-corrected chi connectivity index (χ3v) is 5.80. The summed E-state index contributed by atoms with van der Waals surface area (Å²) in [5, 5.41) is 4.03. The van der Waals surface area contributed by atoms with Crippen molar-refractivity contribution in [1.82, 2.24) is 0 Å². The third-order valence-electron chi connectivity index (χ3n) is 4.59. The first-order valence-corrected chi connectivity index (χ1v) is 8.07. The fraction of sp³-hybridized carbons (Fsp3) is 0.533. The lowest BCUT2D eigenvalue weighted by atomic mass is 9.67. The van der Waals surface area contributed by atoms with Crippen LogP contribution in [0.3, 0.4) is 0 Å². The highest BCUT2D eigenvalue weighted by Gasteiger charge is 2.46. The van der Waals surface area contributed by atoms with Gasteiger partial charge in [0.1, 0.15) is 5.54 Å². The van der Waals surface area contributed by atoms with Crippen LogP contribution in [-0.4, -0.2) is 11.4 Å². The molecule has 20 heavy (non-hydrogen) atoms. The van der Waals surface area contributed by atoms with Gasteiger partial charge < -0.3 is 11.1 Å². The van der Waals surface area contributed by atoms with Crippen molar-refractivity contribution in [3.05, 3.63) is 27.7 Å². The summed E-state index contributed by atoms with van der Waals surface area (Å²) in [5.41, 5.74) is 5.92. The average molecular weight is 360 g/mol. The lowest BCUT2D eigenvalue weighted by Crippen LogP contribution is -2.58. The van der Waals surface area contributed by atoms with E-state index in [1.54, 1.807) is 6.07 Å². The molecule has 2 rings (SSSR count). The molecule has 110 valence electrons. The third kappa shape index (κ3) is 2.82. The number of hydrogen-bond acceptors (Lipinski definition) is 2. The van der Waals surface area contributed by atoms with E-state index in [1.165, 1.54) is 0 Å². The van der Waals surface area contributed by atoms with Gasteiger partial charge in [0, 0.05) is 10.2 Å². The number of primary amides is 1. The van der Waals surface area contributed by atoms with E-state index in [0.29, 0.717) is 10.9 Å². The molecule has 3 unspecified atom stereocenters. The van der Waals surface area contributed by atoms with Crippen molar-refractivity contribution in [1.29, 1.82) is 0 Å². The first-order valence-electron chi connectivity index (χ1n) is 6.90. The summed E-state index contributed by atoms with van der Waals surface area (Å²) in [6, 6.07) is 5.57. The first-order chi connectivity index (χ1) is 9.36. The van der Waals surface area contributed by atoms with E-state index in [1.807, 2.05) is 12.1 Å². The van der Waals surface area contributed by atoms with Gasteiger partial charge in [-0.2, -0.15) is 0 Å². The number of benzene rings is 1. The molecule has 0 aromatic heterocycles. The van der Waals surface area contributed by atoms with Gasteiger partial charge in [0.25, 0.3) is 0 Å². The maximum Gasteiger partial charge on any atom is 0.243 e. The van der Waals surface area contributed by atoms with Crippen LogP contribution >= 0.6 is 27.5 Å². The van der Waals surface area contributed by atoms with Crippen LogP contribution in [0.25, 0.3) is 0 Å². The number of nitrogens with two attached hydrogens (primary N) is 1. The predicted octanol–water partition coefficient (Wildman–Crippen LogP) is 4.19. The van der Waals surface area contributed by atoms with Gasteiger partial charge in [-0.1, -0.05) is 38.3 Å². The summed E-state index contributed by atoms with van der Waals surface area (Å²) in [5.74, 6) is 0.394. The quantitative estimate of drug-likeness (QED) is 0.850. The fourth-order valence-electron chi connectivity index (χ4n) is 3.08. The van der Waals surface area contributed by atoms with Gasteiger partial charge in [0.15, 0.2) is 0 Å². The van der Waals surface area contributed by atoms with Crippen LogP contribution in [0.4, 0.5) is 5.69 Å². The highest BCUT2D eigenvalue weighted by Crippen LogP contribution is 2.40. The highest BCUT2D eigenvalue weighted by molar-refractivity contribution is 9.10. The van der Waals surface area contributed by atoms with Gasteiger partial charge in [-0.3, -0.25) is 4.79 Å². The van der Waals surface area contributed by atoms with Crippen molar-refractivity contribution in [3.63, 3.8) is 0 Å². The number of amides is 1. The Bertz CT molecular complexity index is 523. The van der Waals surface area contributed by atoms with Crippen LogP contribution < -0.4 is 11.1 Å². The van der Waals surface area contributed by atoms with Crippen molar-refractivity contribution in [3.8, 4) is 0 Å². The molecular weight excluding hydrogens is 340 g/mol. The van der Waals surface area contributed by atoms with Gasteiger partial charge in [-0.05, 0) is 52.4 Å². The minimum Gasteiger partial charge on any atom is -0.371 e. The van der Waals surface area contributed by atoms with Crippen LogP contribution in [0.1, 0.15) is 33.1 Å². The van der Waals surface area contributed by atoms with Gasteiger partial charge in [-0.25, -0.2) is 0 Å². The van der Waals surface area contributed by atoms with E-state index >= 15 is 0 Å². The van der Waals surface area contributed by atoms with Crippen LogP contribution in [-0.2, 0) is 4.79 Å². The maximum atomic E-state index is 12.1. The molecule has 3 atom stereocenters. The maximum absolute atomic E-state index is 12.1. The standard InChI is InChI=1S/C15H20BrClN2O/c1-9-4-3-7-15(10(9)2,14(18)20)19-11-5-6-13(17)12(16)8-11/h5-6,8-10,19H,3-4,7H2,1-2H3,(H2,18,20). The Morgan fingerprint density at radius 2 is 2.20 bits per heavy atom. The molecule has 3 nitrogen and oxygen atoms in total. The summed E-state index contributed by atoms with van der Waals surface area (Å²) in [7, 11) is 0. The van der Waals surface area contributed by atoms with Crippen LogP contribution in [0.2, 0.25) is 5.02 Å². The number of halogens is 2. The molecule has 0 radical (unpaired) electrons. The van der Waals surface area contributed by atoms with Crippen LogP contribution in [0, 0.1) is 11.8 Å². The van der Waals surface area contributed by atoms with Crippen LogP contribution in [0.5, 0.6) is 0 Å². The molecule has 0 aliphatic heterocycles. The summed E-state index contributed by atoms with van der Waals surface area (Å²) in [6.07, 6.45) is 2.92. The van der Waals surface area contributed by atoms with E-state index in [2.05, 4.69) is 35.1 Å². The normalized spacial score (nSPS) is 30.0. The second-order valence-electron chi connectivity index (χ2n) is 5.75. The second-order valence-corrected chi connectivity index (χ2v) is 7.01. The number of carbonyl (C=O) groups is 1.